The summed E-state index contributed by atoms with van der Waals surface area (Å²) in [6.07, 6.45) is 2.43. The summed E-state index contributed by atoms with van der Waals surface area (Å²) in [6, 6.07) is 4.97. The van der Waals surface area contributed by atoms with Crippen LogP contribution >= 0.6 is 0 Å². The Labute approximate surface area is 107 Å². The van der Waals surface area contributed by atoms with Crippen LogP contribution in [0.25, 0.3) is 0 Å². The van der Waals surface area contributed by atoms with Gasteiger partial charge in [0.25, 0.3) is 0 Å². The van der Waals surface area contributed by atoms with E-state index in [2.05, 4.69) is 19.2 Å². The van der Waals surface area contributed by atoms with Crippen molar-refractivity contribution in [2.24, 2.45) is 11.3 Å². The monoisotopic (exact) mass is 248 g/mol. The molecule has 1 fully saturated rings. The Morgan fingerprint density at radius 2 is 2.17 bits per heavy atom. The van der Waals surface area contributed by atoms with Crippen molar-refractivity contribution in [2.45, 2.75) is 26.7 Å². The zero-order valence-electron chi connectivity index (χ0n) is 10.9. The Hall–Kier alpha value is -1.71. The lowest BCUT2D eigenvalue weighted by Gasteiger charge is -2.21. The first-order valence-corrected chi connectivity index (χ1v) is 6.31. The van der Waals surface area contributed by atoms with E-state index in [9.17, 15) is 4.79 Å². The maximum absolute atomic E-state index is 11.2. The number of carboxylic acid groups (broad SMARTS) is 1. The lowest BCUT2D eigenvalue weighted by atomic mass is 9.92. The number of carboxylic acids is 1. The predicted octanol–water partition coefficient (Wildman–Crippen LogP) is 2.82. The Morgan fingerprint density at radius 3 is 2.67 bits per heavy atom. The van der Waals surface area contributed by atoms with E-state index in [-0.39, 0.29) is 5.56 Å². The summed E-state index contributed by atoms with van der Waals surface area (Å²) in [5, 5.41) is 12.4. The summed E-state index contributed by atoms with van der Waals surface area (Å²) >= 11 is 0. The highest BCUT2D eigenvalue weighted by atomic mass is 16.4. The van der Waals surface area contributed by atoms with E-state index >= 15 is 0 Å². The molecule has 98 valence electrons. The second-order valence-corrected chi connectivity index (χ2v) is 5.48. The summed E-state index contributed by atoms with van der Waals surface area (Å²) in [6.45, 7) is 5.26. The van der Waals surface area contributed by atoms with Gasteiger partial charge in [0.15, 0.2) is 0 Å². The number of nitrogen functional groups attached to an aromatic ring is 1. The van der Waals surface area contributed by atoms with Gasteiger partial charge < -0.3 is 16.2 Å². The van der Waals surface area contributed by atoms with Gasteiger partial charge >= 0.3 is 5.97 Å². The molecule has 2 rings (SSSR count). The van der Waals surface area contributed by atoms with Crippen LogP contribution in [-0.2, 0) is 0 Å². The summed E-state index contributed by atoms with van der Waals surface area (Å²) < 4.78 is 0. The highest BCUT2D eigenvalue weighted by molar-refractivity contribution is 5.95. The van der Waals surface area contributed by atoms with E-state index in [1.807, 2.05) is 0 Å². The number of nitrogens with one attached hydrogen (secondary N) is 1. The number of hydrogen-bond acceptors (Lipinski definition) is 3. The summed E-state index contributed by atoms with van der Waals surface area (Å²) in [5.74, 6) is -0.328. The number of aromatic carboxylic acids is 1. The van der Waals surface area contributed by atoms with Crippen molar-refractivity contribution in [3.8, 4) is 0 Å². The normalized spacial score (nSPS) is 16.6. The lowest BCUT2D eigenvalue weighted by Crippen LogP contribution is -2.21. The summed E-state index contributed by atoms with van der Waals surface area (Å²) in [7, 11) is 0. The number of anilines is 2. The van der Waals surface area contributed by atoms with E-state index in [4.69, 9.17) is 10.8 Å². The fourth-order valence-corrected chi connectivity index (χ4v) is 2.28. The second-order valence-electron chi connectivity index (χ2n) is 5.48. The quantitative estimate of drug-likeness (QED) is 0.700. The number of hydrogen-bond donors (Lipinski definition) is 3. The third kappa shape index (κ3) is 2.42. The van der Waals surface area contributed by atoms with Crippen molar-refractivity contribution >= 4 is 17.3 Å². The van der Waals surface area contributed by atoms with Crippen molar-refractivity contribution < 1.29 is 9.90 Å². The molecule has 0 radical (unpaired) electrons. The molecule has 4 nitrogen and oxygen atoms in total. The zero-order valence-corrected chi connectivity index (χ0v) is 10.9. The van der Waals surface area contributed by atoms with E-state index in [0.717, 1.165) is 6.54 Å². The van der Waals surface area contributed by atoms with Gasteiger partial charge in [0.05, 0.1) is 5.56 Å². The van der Waals surface area contributed by atoms with Crippen LogP contribution in [0.5, 0.6) is 0 Å². The predicted molar refractivity (Wildman–Crippen MR) is 72.8 cm³/mol. The van der Waals surface area contributed by atoms with Crippen molar-refractivity contribution in [2.75, 3.05) is 17.6 Å². The van der Waals surface area contributed by atoms with E-state index in [1.54, 1.807) is 12.1 Å². The molecule has 1 saturated carbocycles. The van der Waals surface area contributed by atoms with Gasteiger partial charge in [-0.3, -0.25) is 0 Å². The first-order valence-electron chi connectivity index (χ1n) is 6.31. The molecule has 1 aliphatic carbocycles. The maximum Gasteiger partial charge on any atom is 0.337 e. The maximum atomic E-state index is 11.2. The van der Waals surface area contributed by atoms with Crippen molar-refractivity contribution in [1.29, 1.82) is 0 Å². The molecule has 0 amide bonds. The average molecular weight is 248 g/mol. The number of nitrogens with two attached hydrogens (primary N) is 1. The van der Waals surface area contributed by atoms with E-state index in [0.29, 0.717) is 22.7 Å². The highest BCUT2D eigenvalue weighted by Crippen LogP contribution is 2.51. The molecule has 0 unspecified atom stereocenters. The van der Waals surface area contributed by atoms with E-state index in [1.165, 1.54) is 18.9 Å². The third-order valence-corrected chi connectivity index (χ3v) is 4.02. The SMILES string of the molecule is CC(C)C1(CNc2ccc(N)cc2C(=O)O)CC1. The number of carbonyl (C=O) groups is 1. The van der Waals surface area contributed by atoms with Gasteiger partial charge in [-0.25, -0.2) is 4.79 Å². The van der Waals surface area contributed by atoms with Gasteiger partial charge in [0.2, 0.25) is 0 Å². The molecule has 0 heterocycles. The molecule has 0 spiro atoms. The molecule has 1 aromatic rings. The molecular formula is C14H20N2O2. The van der Waals surface area contributed by atoms with Crippen molar-refractivity contribution in [1.82, 2.24) is 0 Å². The average Bonchev–Trinajstić information content (AvgIpc) is 3.08. The minimum absolute atomic E-state index is 0.245. The molecule has 1 aliphatic rings. The fraction of sp³-hybridized carbons (Fsp3) is 0.500. The van der Waals surface area contributed by atoms with Crippen LogP contribution < -0.4 is 11.1 Å². The number of rotatable bonds is 5. The van der Waals surface area contributed by atoms with Gasteiger partial charge in [0.1, 0.15) is 0 Å². The number of benzene rings is 1. The first-order chi connectivity index (χ1) is 8.44. The van der Waals surface area contributed by atoms with Gasteiger partial charge in [-0.2, -0.15) is 0 Å². The van der Waals surface area contributed by atoms with Crippen LogP contribution in [0.15, 0.2) is 18.2 Å². The molecule has 1 aromatic carbocycles. The molecule has 4 heteroatoms. The molecule has 0 atom stereocenters. The molecule has 4 N–H and O–H groups in total. The largest absolute Gasteiger partial charge is 0.478 e. The minimum Gasteiger partial charge on any atom is -0.478 e. The van der Waals surface area contributed by atoms with Crippen LogP contribution in [0.4, 0.5) is 11.4 Å². The summed E-state index contributed by atoms with van der Waals surface area (Å²) in [5.41, 5.74) is 7.34. The molecule has 18 heavy (non-hydrogen) atoms. The van der Waals surface area contributed by atoms with Gasteiger partial charge in [-0.1, -0.05) is 13.8 Å². The summed E-state index contributed by atoms with van der Waals surface area (Å²) in [4.78, 5) is 11.2. The standard InChI is InChI=1S/C14H20N2O2/c1-9(2)14(5-6-14)8-16-12-4-3-10(15)7-11(12)13(17)18/h3-4,7,9,16H,5-6,8,15H2,1-2H3,(H,17,18). The van der Waals surface area contributed by atoms with Crippen LogP contribution in [0, 0.1) is 11.3 Å². The Kier molecular flexibility index (Phi) is 3.20. The molecule has 0 aromatic heterocycles. The van der Waals surface area contributed by atoms with Gasteiger partial charge in [0, 0.05) is 17.9 Å². The second kappa shape index (κ2) is 4.52. The lowest BCUT2D eigenvalue weighted by molar-refractivity contribution is 0.0698. The van der Waals surface area contributed by atoms with Crippen LogP contribution in [0.1, 0.15) is 37.0 Å². The molecular weight excluding hydrogens is 228 g/mol. The highest BCUT2D eigenvalue weighted by Gasteiger charge is 2.44. The minimum atomic E-state index is -0.945. The molecule has 0 bridgehead atoms. The Bertz CT molecular complexity index is 465. The van der Waals surface area contributed by atoms with E-state index < -0.39 is 5.97 Å². The van der Waals surface area contributed by atoms with Gasteiger partial charge in [-0.05, 0) is 42.4 Å². The van der Waals surface area contributed by atoms with Crippen LogP contribution in [0.2, 0.25) is 0 Å². The van der Waals surface area contributed by atoms with Gasteiger partial charge in [-0.15, -0.1) is 0 Å². The molecule has 0 saturated heterocycles. The first kappa shape index (κ1) is 12.7. The smallest absolute Gasteiger partial charge is 0.337 e. The fourth-order valence-electron chi connectivity index (χ4n) is 2.28. The van der Waals surface area contributed by atoms with Crippen LogP contribution in [-0.4, -0.2) is 17.6 Å². The van der Waals surface area contributed by atoms with Crippen molar-refractivity contribution in [3.63, 3.8) is 0 Å². The van der Waals surface area contributed by atoms with Crippen LogP contribution in [0.3, 0.4) is 0 Å². The molecule has 0 aliphatic heterocycles. The zero-order chi connectivity index (χ0) is 13.3. The topological polar surface area (TPSA) is 75.3 Å². The Balaban J connectivity index is 2.12. The Morgan fingerprint density at radius 1 is 1.50 bits per heavy atom. The third-order valence-electron chi connectivity index (χ3n) is 4.02. The van der Waals surface area contributed by atoms with Crippen molar-refractivity contribution in [3.05, 3.63) is 23.8 Å².